The zero-order valence-electron chi connectivity index (χ0n) is 25.2. The summed E-state index contributed by atoms with van der Waals surface area (Å²) in [4.78, 5) is 43.1. The van der Waals surface area contributed by atoms with Crippen molar-refractivity contribution in [3.05, 3.63) is 71.3 Å². The number of rotatable bonds is 17. The van der Waals surface area contributed by atoms with Crippen molar-refractivity contribution in [1.29, 1.82) is 0 Å². The van der Waals surface area contributed by atoms with E-state index in [1.807, 2.05) is 30.3 Å². The van der Waals surface area contributed by atoms with Gasteiger partial charge in [-0.15, -0.1) is 0 Å². The van der Waals surface area contributed by atoms with Crippen LogP contribution in [-0.2, 0) is 33.8 Å². The average molecular weight is 579 g/mol. The van der Waals surface area contributed by atoms with Crippen molar-refractivity contribution in [3.63, 3.8) is 0 Å². The van der Waals surface area contributed by atoms with Gasteiger partial charge in [-0.2, -0.15) is 0 Å². The van der Waals surface area contributed by atoms with Crippen LogP contribution in [0, 0.1) is 5.92 Å². The number of nitrogens with one attached hydrogen (secondary N) is 1. The Bertz CT molecular complexity index is 1100. The topological polar surface area (TPSA) is 148 Å². The lowest BCUT2D eigenvalue weighted by Crippen LogP contribution is -2.51. The molecule has 1 aliphatic rings. The molecule has 0 aromatic heterocycles. The molecular weight excluding hydrogens is 528 g/mol. The van der Waals surface area contributed by atoms with Gasteiger partial charge in [0.15, 0.2) is 5.78 Å². The van der Waals surface area contributed by atoms with Gasteiger partial charge in [0.1, 0.15) is 0 Å². The summed E-state index contributed by atoms with van der Waals surface area (Å²) in [6.07, 6.45) is 4.32. The molecule has 1 aliphatic heterocycles. The highest BCUT2D eigenvalue weighted by atomic mass is 16.2. The monoisotopic (exact) mass is 578 g/mol. The number of piperidine rings is 1. The maximum atomic E-state index is 13.4. The third kappa shape index (κ3) is 11.3. The highest BCUT2D eigenvalue weighted by Crippen LogP contribution is 2.19. The van der Waals surface area contributed by atoms with Crippen LogP contribution < -0.4 is 22.5 Å². The Labute approximate surface area is 251 Å². The van der Waals surface area contributed by atoms with E-state index in [1.165, 1.54) is 23.3 Å². The van der Waals surface area contributed by atoms with Crippen molar-refractivity contribution in [2.24, 2.45) is 23.1 Å². The minimum atomic E-state index is -1.07. The Morgan fingerprint density at radius 2 is 1.50 bits per heavy atom. The molecule has 2 amide bonds. The zero-order valence-corrected chi connectivity index (χ0v) is 25.2. The van der Waals surface area contributed by atoms with Gasteiger partial charge in [-0.05, 0) is 67.8 Å². The van der Waals surface area contributed by atoms with Gasteiger partial charge < -0.3 is 27.4 Å². The molecule has 1 saturated heterocycles. The molecule has 0 bridgehead atoms. The fraction of sp³-hybridized carbons (Fsp3) is 0.545. The van der Waals surface area contributed by atoms with Crippen molar-refractivity contribution < 1.29 is 14.4 Å². The summed E-state index contributed by atoms with van der Waals surface area (Å²) < 4.78 is 0. The number of amides is 2. The van der Waals surface area contributed by atoms with Crippen LogP contribution >= 0.6 is 0 Å². The molecule has 2 atom stereocenters. The van der Waals surface area contributed by atoms with Gasteiger partial charge in [0.2, 0.25) is 11.8 Å². The number of nitrogens with two attached hydrogens (primary N) is 3. The second-order valence-electron chi connectivity index (χ2n) is 11.6. The maximum Gasteiger partial charge on any atom is 0.238 e. The van der Waals surface area contributed by atoms with E-state index in [-0.39, 0.29) is 18.1 Å². The Hall–Kier alpha value is -3.11. The first kappa shape index (κ1) is 33.4. The van der Waals surface area contributed by atoms with Crippen LogP contribution in [0.15, 0.2) is 54.6 Å². The SMILES string of the molecule is CC1CCN(Cc2ccc(CCC(=O)[C@H](CCc3ccccc3)NC(=O)[C@@H](N)CC(=O)N(CCN)CCN)cc2)CC1. The Morgan fingerprint density at radius 1 is 0.905 bits per heavy atom. The predicted molar refractivity (Wildman–Crippen MR) is 167 cm³/mol. The third-order valence-corrected chi connectivity index (χ3v) is 8.12. The van der Waals surface area contributed by atoms with E-state index >= 15 is 0 Å². The Morgan fingerprint density at radius 3 is 2.12 bits per heavy atom. The number of Topliss-reactive ketones (excluding diaryl/α,β-unsaturated/α-hetero) is 1. The molecule has 7 N–H and O–H groups in total. The molecule has 3 rings (SSSR count). The van der Waals surface area contributed by atoms with Crippen molar-refractivity contribution in [1.82, 2.24) is 15.1 Å². The smallest absolute Gasteiger partial charge is 0.238 e. The van der Waals surface area contributed by atoms with Crippen LogP contribution in [0.1, 0.15) is 55.7 Å². The highest BCUT2D eigenvalue weighted by molar-refractivity contribution is 5.93. The number of aryl methyl sites for hydroxylation is 2. The minimum absolute atomic E-state index is 0.0442. The standard InChI is InChI=1S/C33H50N6O3/c1-25-15-19-38(20-16-25)24-28-9-7-27(8-10-28)12-14-31(40)30(13-11-26-5-3-2-4-6-26)37-33(42)29(36)23-32(41)39(21-17-34)22-18-35/h2-10,25,29-30H,11-24,34-36H2,1H3,(H,37,42)/t29-,30-/m0/s1. The number of carbonyl (C=O) groups is 3. The molecule has 2 aromatic rings. The Balaban J connectivity index is 1.57. The first-order valence-corrected chi connectivity index (χ1v) is 15.4. The molecular formula is C33H50N6O3. The van der Waals surface area contributed by atoms with Crippen molar-refractivity contribution in [3.8, 4) is 0 Å². The first-order chi connectivity index (χ1) is 20.3. The van der Waals surface area contributed by atoms with E-state index in [2.05, 4.69) is 41.4 Å². The lowest BCUT2D eigenvalue weighted by Gasteiger charge is -2.30. The van der Waals surface area contributed by atoms with E-state index in [0.29, 0.717) is 51.9 Å². The number of likely N-dealkylation sites (tertiary alicyclic amines) is 1. The van der Waals surface area contributed by atoms with Crippen molar-refractivity contribution >= 4 is 17.6 Å². The molecule has 0 unspecified atom stereocenters. The lowest BCUT2D eigenvalue weighted by atomic mass is 9.96. The number of nitrogens with zero attached hydrogens (tertiary/aromatic N) is 2. The van der Waals surface area contributed by atoms with Gasteiger partial charge in [0.25, 0.3) is 0 Å². The molecule has 1 fully saturated rings. The molecule has 2 aromatic carbocycles. The van der Waals surface area contributed by atoms with Crippen LogP contribution in [0.25, 0.3) is 0 Å². The van der Waals surface area contributed by atoms with Crippen LogP contribution in [0.3, 0.4) is 0 Å². The highest BCUT2D eigenvalue weighted by Gasteiger charge is 2.26. The van der Waals surface area contributed by atoms with E-state index in [0.717, 1.165) is 36.7 Å². The van der Waals surface area contributed by atoms with Crippen LogP contribution in [0.4, 0.5) is 0 Å². The summed E-state index contributed by atoms with van der Waals surface area (Å²) in [5, 5.41) is 2.85. The van der Waals surface area contributed by atoms with Gasteiger partial charge in [-0.25, -0.2) is 0 Å². The van der Waals surface area contributed by atoms with Crippen LogP contribution in [0.5, 0.6) is 0 Å². The number of hydrogen-bond donors (Lipinski definition) is 4. The number of benzene rings is 2. The lowest BCUT2D eigenvalue weighted by molar-refractivity contribution is -0.135. The summed E-state index contributed by atoms with van der Waals surface area (Å²) in [6, 6.07) is 16.6. The van der Waals surface area contributed by atoms with Crippen molar-refractivity contribution in [2.75, 3.05) is 39.3 Å². The number of ketones is 1. The summed E-state index contributed by atoms with van der Waals surface area (Å²) in [6.45, 7) is 6.85. The number of hydrogen-bond acceptors (Lipinski definition) is 7. The fourth-order valence-corrected chi connectivity index (χ4v) is 5.36. The molecule has 1 heterocycles. The van der Waals surface area contributed by atoms with E-state index in [9.17, 15) is 14.4 Å². The van der Waals surface area contributed by atoms with Gasteiger partial charge >= 0.3 is 0 Å². The Kier molecular flexibility index (Phi) is 14.1. The number of carbonyl (C=O) groups excluding carboxylic acids is 3. The molecule has 0 spiro atoms. The molecule has 0 radical (unpaired) electrons. The minimum Gasteiger partial charge on any atom is -0.345 e. The van der Waals surface area contributed by atoms with Crippen LogP contribution in [0.2, 0.25) is 0 Å². The summed E-state index contributed by atoms with van der Waals surface area (Å²) in [7, 11) is 0. The normalized spacial score (nSPS) is 15.6. The predicted octanol–water partition coefficient (Wildman–Crippen LogP) is 2.00. The van der Waals surface area contributed by atoms with Gasteiger partial charge in [-0.3, -0.25) is 19.3 Å². The third-order valence-electron chi connectivity index (χ3n) is 8.12. The molecule has 0 aliphatic carbocycles. The van der Waals surface area contributed by atoms with E-state index < -0.39 is 18.0 Å². The van der Waals surface area contributed by atoms with Gasteiger partial charge in [-0.1, -0.05) is 61.5 Å². The van der Waals surface area contributed by atoms with Gasteiger partial charge in [0.05, 0.1) is 18.5 Å². The zero-order chi connectivity index (χ0) is 30.3. The quantitative estimate of drug-likeness (QED) is 0.224. The van der Waals surface area contributed by atoms with Crippen molar-refractivity contribution in [2.45, 2.75) is 70.5 Å². The molecule has 9 heteroatoms. The largest absolute Gasteiger partial charge is 0.345 e. The van der Waals surface area contributed by atoms with Gasteiger partial charge in [0, 0.05) is 39.1 Å². The summed E-state index contributed by atoms with van der Waals surface area (Å²) >= 11 is 0. The molecule has 230 valence electrons. The fourth-order valence-electron chi connectivity index (χ4n) is 5.36. The summed E-state index contributed by atoms with van der Waals surface area (Å²) in [5.74, 6) is -0.0170. The maximum absolute atomic E-state index is 13.4. The molecule has 9 nitrogen and oxygen atoms in total. The second kappa shape index (κ2) is 17.8. The molecule has 0 saturated carbocycles. The second-order valence-corrected chi connectivity index (χ2v) is 11.6. The summed E-state index contributed by atoms with van der Waals surface area (Å²) in [5.41, 5.74) is 20.8. The van der Waals surface area contributed by atoms with Crippen LogP contribution in [-0.4, -0.2) is 78.7 Å². The van der Waals surface area contributed by atoms with E-state index in [1.54, 1.807) is 0 Å². The van der Waals surface area contributed by atoms with E-state index in [4.69, 9.17) is 17.2 Å². The molecule has 42 heavy (non-hydrogen) atoms. The first-order valence-electron chi connectivity index (χ1n) is 15.4. The average Bonchev–Trinajstić information content (AvgIpc) is 3.00.